The molecule has 1 heterocycles. The van der Waals surface area contributed by atoms with Gasteiger partial charge in [0.2, 0.25) is 0 Å². The lowest BCUT2D eigenvalue weighted by atomic mass is 10.0. The Balaban J connectivity index is 2.14. The van der Waals surface area contributed by atoms with E-state index in [1.165, 1.54) is 0 Å². The number of hydrogen-bond donors (Lipinski definition) is 1. The molecule has 0 saturated carbocycles. The first kappa shape index (κ1) is 14.6. The van der Waals surface area contributed by atoms with Gasteiger partial charge in [0.05, 0.1) is 0 Å². The maximum Gasteiger partial charge on any atom is 0.287 e. The van der Waals surface area contributed by atoms with Crippen LogP contribution in [0.2, 0.25) is 0 Å². The van der Waals surface area contributed by atoms with Crippen LogP contribution in [-0.4, -0.2) is 11.4 Å². The van der Waals surface area contributed by atoms with E-state index in [1.807, 2.05) is 51.1 Å². The lowest BCUT2D eigenvalue weighted by Gasteiger charge is -2.23. The van der Waals surface area contributed by atoms with Gasteiger partial charge in [0.1, 0.15) is 5.58 Å². The quantitative estimate of drug-likeness (QED) is 0.753. The Hall–Kier alpha value is -2.29. The summed E-state index contributed by atoms with van der Waals surface area (Å²) in [6.07, 6.45) is 0.862. The SMILES string of the molecule is CCC(C)(C)NC(=O)c1oc2c(ccc3ccccc32)c1C. The normalized spacial score (nSPS) is 12.0. The van der Waals surface area contributed by atoms with Crippen LogP contribution in [0.3, 0.4) is 0 Å². The molecule has 3 rings (SSSR count). The van der Waals surface area contributed by atoms with E-state index >= 15 is 0 Å². The highest BCUT2D eigenvalue weighted by molar-refractivity contribution is 6.08. The number of amides is 1. The summed E-state index contributed by atoms with van der Waals surface area (Å²) in [5.41, 5.74) is 1.44. The van der Waals surface area contributed by atoms with Gasteiger partial charge in [-0.25, -0.2) is 0 Å². The predicted octanol–water partition coefficient (Wildman–Crippen LogP) is 4.81. The summed E-state index contributed by atoms with van der Waals surface area (Å²) in [4.78, 5) is 12.5. The molecule has 0 radical (unpaired) electrons. The number of carbonyl (C=O) groups is 1. The topological polar surface area (TPSA) is 42.2 Å². The second kappa shape index (κ2) is 5.16. The van der Waals surface area contributed by atoms with Gasteiger partial charge in [-0.3, -0.25) is 4.79 Å². The molecule has 0 bridgehead atoms. The first-order valence-electron chi connectivity index (χ1n) is 7.66. The van der Waals surface area contributed by atoms with Crippen molar-refractivity contribution in [2.24, 2.45) is 0 Å². The van der Waals surface area contributed by atoms with Gasteiger partial charge in [-0.15, -0.1) is 0 Å². The molecule has 0 fully saturated rings. The predicted molar refractivity (Wildman–Crippen MR) is 90.3 cm³/mol. The molecule has 0 atom stereocenters. The molecule has 1 aromatic heterocycles. The van der Waals surface area contributed by atoms with Crippen LogP contribution >= 0.6 is 0 Å². The third kappa shape index (κ3) is 2.37. The molecule has 22 heavy (non-hydrogen) atoms. The van der Waals surface area contributed by atoms with Gasteiger partial charge in [-0.2, -0.15) is 0 Å². The number of nitrogens with one attached hydrogen (secondary N) is 1. The van der Waals surface area contributed by atoms with Crippen LogP contribution in [0.1, 0.15) is 43.3 Å². The molecule has 3 nitrogen and oxygen atoms in total. The zero-order valence-corrected chi connectivity index (χ0v) is 13.5. The Bertz CT molecular complexity index is 858. The van der Waals surface area contributed by atoms with Gasteiger partial charge in [-0.1, -0.05) is 43.3 Å². The summed E-state index contributed by atoms with van der Waals surface area (Å²) in [6.45, 7) is 8.02. The van der Waals surface area contributed by atoms with E-state index < -0.39 is 0 Å². The van der Waals surface area contributed by atoms with E-state index in [0.717, 1.165) is 33.7 Å². The maximum absolute atomic E-state index is 12.5. The minimum Gasteiger partial charge on any atom is -0.450 e. The summed E-state index contributed by atoms with van der Waals surface area (Å²) >= 11 is 0. The Labute approximate surface area is 130 Å². The standard InChI is InChI=1S/C19H21NO2/c1-5-19(3,4)20-18(21)16-12(2)14-11-10-13-8-6-7-9-15(13)17(14)22-16/h6-11H,5H2,1-4H3,(H,20,21). The van der Waals surface area contributed by atoms with Crippen molar-refractivity contribution in [1.29, 1.82) is 0 Å². The Morgan fingerprint density at radius 2 is 1.86 bits per heavy atom. The van der Waals surface area contributed by atoms with Crippen molar-refractivity contribution in [2.45, 2.75) is 39.7 Å². The lowest BCUT2D eigenvalue weighted by molar-refractivity contribution is 0.0884. The van der Waals surface area contributed by atoms with Crippen molar-refractivity contribution < 1.29 is 9.21 Å². The number of rotatable bonds is 3. The number of carbonyl (C=O) groups excluding carboxylic acids is 1. The highest BCUT2D eigenvalue weighted by Crippen LogP contribution is 2.31. The molecular formula is C19H21NO2. The lowest BCUT2D eigenvalue weighted by Crippen LogP contribution is -2.42. The van der Waals surface area contributed by atoms with Gasteiger partial charge in [0, 0.05) is 21.9 Å². The minimum atomic E-state index is -0.245. The number of benzene rings is 2. The second-order valence-corrected chi connectivity index (χ2v) is 6.41. The molecule has 0 saturated heterocycles. The molecule has 3 heteroatoms. The fourth-order valence-electron chi connectivity index (χ4n) is 2.62. The summed E-state index contributed by atoms with van der Waals surface area (Å²) in [5.74, 6) is 0.262. The number of furan rings is 1. The van der Waals surface area contributed by atoms with E-state index in [4.69, 9.17) is 4.42 Å². The zero-order chi connectivity index (χ0) is 15.9. The molecule has 0 spiro atoms. The summed E-state index contributed by atoms with van der Waals surface area (Å²) in [6, 6.07) is 12.2. The average molecular weight is 295 g/mol. The van der Waals surface area contributed by atoms with Gasteiger partial charge in [0.25, 0.3) is 5.91 Å². The Morgan fingerprint density at radius 1 is 1.14 bits per heavy atom. The largest absolute Gasteiger partial charge is 0.450 e. The van der Waals surface area contributed by atoms with Crippen molar-refractivity contribution in [3.63, 3.8) is 0 Å². The van der Waals surface area contributed by atoms with Crippen molar-refractivity contribution in [1.82, 2.24) is 5.32 Å². The van der Waals surface area contributed by atoms with E-state index in [2.05, 4.69) is 18.3 Å². The van der Waals surface area contributed by atoms with Crippen molar-refractivity contribution in [3.05, 3.63) is 47.7 Å². The smallest absolute Gasteiger partial charge is 0.287 e. The molecule has 0 aliphatic carbocycles. The Morgan fingerprint density at radius 3 is 2.59 bits per heavy atom. The first-order chi connectivity index (χ1) is 10.4. The van der Waals surface area contributed by atoms with Crippen LogP contribution in [0.25, 0.3) is 21.7 Å². The average Bonchev–Trinajstić information content (AvgIpc) is 2.85. The molecule has 0 unspecified atom stereocenters. The highest BCUT2D eigenvalue weighted by atomic mass is 16.3. The number of hydrogen-bond acceptors (Lipinski definition) is 2. The van der Waals surface area contributed by atoms with Crippen molar-refractivity contribution in [3.8, 4) is 0 Å². The Kier molecular flexibility index (Phi) is 3.44. The molecule has 3 aromatic rings. The fourth-order valence-corrected chi connectivity index (χ4v) is 2.62. The molecule has 0 aliphatic rings. The van der Waals surface area contributed by atoms with E-state index in [1.54, 1.807) is 0 Å². The first-order valence-corrected chi connectivity index (χ1v) is 7.66. The minimum absolute atomic E-state index is 0.148. The number of fused-ring (bicyclic) bond motifs is 3. The molecule has 0 aliphatic heterocycles. The van der Waals surface area contributed by atoms with Crippen molar-refractivity contribution in [2.75, 3.05) is 0 Å². The summed E-state index contributed by atoms with van der Waals surface area (Å²) < 4.78 is 5.95. The monoisotopic (exact) mass is 295 g/mol. The second-order valence-electron chi connectivity index (χ2n) is 6.41. The summed E-state index contributed by atoms with van der Waals surface area (Å²) in [5, 5.41) is 6.19. The molecule has 1 amide bonds. The maximum atomic E-state index is 12.5. The van der Waals surface area contributed by atoms with Gasteiger partial charge >= 0.3 is 0 Å². The molecule has 1 N–H and O–H groups in total. The van der Waals surface area contributed by atoms with Gasteiger partial charge in [-0.05, 0) is 32.6 Å². The van der Waals surface area contributed by atoms with Crippen LogP contribution < -0.4 is 5.32 Å². The molecule has 114 valence electrons. The van der Waals surface area contributed by atoms with E-state index in [0.29, 0.717) is 5.76 Å². The highest BCUT2D eigenvalue weighted by Gasteiger charge is 2.24. The van der Waals surface area contributed by atoms with Crippen LogP contribution in [0.15, 0.2) is 40.8 Å². The van der Waals surface area contributed by atoms with Gasteiger partial charge in [0.15, 0.2) is 5.76 Å². The van der Waals surface area contributed by atoms with Crippen LogP contribution in [0.5, 0.6) is 0 Å². The summed E-state index contributed by atoms with van der Waals surface area (Å²) in [7, 11) is 0. The van der Waals surface area contributed by atoms with Crippen molar-refractivity contribution >= 4 is 27.6 Å². The third-order valence-corrected chi connectivity index (χ3v) is 4.37. The fraction of sp³-hybridized carbons (Fsp3) is 0.316. The van der Waals surface area contributed by atoms with Gasteiger partial charge < -0.3 is 9.73 Å². The van der Waals surface area contributed by atoms with Crippen LogP contribution in [-0.2, 0) is 0 Å². The van der Waals surface area contributed by atoms with E-state index in [-0.39, 0.29) is 11.4 Å². The third-order valence-electron chi connectivity index (χ3n) is 4.37. The zero-order valence-electron chi connectivity index (χ0n) is 13.5. The van der Waals surface area contributed by atoms with Crippen LogP contribution in [0.4, 0.5) is 0 Å². The van der Waals surface area contributed by atoms with Crippen LogP contribution in [0, 0.1) is 6.92 Å². The molecular weight excluding hydrogens is 274 g/mol. The number of aryl methyl sites for hydroxylation is 1. The molecule has 2 aromatic carbocycles. The van der Waals surface area contributed by atoms with E-state index in [9.17, 15) is 4.79 Å².